The lowest BCUT2D eigenvalue weighted by Gasteiger charge is -2.35. The fraction of sp³-hybridized carbons (Fsp3) is 0.367. The van der Waals surface area contributed by atoms with Gasteiger partial charge in [-0.05, 0) is 81.1 Å². The molecule has 1 aromatic heterocycles. The third-order valence-corrected chi connectivity index (χ3v) is 7.28. The van der Waals surface area contributed by atoms with Gasteiger partial charge in [0.15, 0.2) is 0 Å². The monoisotopic (exact) mass is 552 g/mol. The molecule has 0 spiro atoms. The van der Waals surface area contributed by atoms with Gasteiger partial charge in [-0.1, -0.05) is 24.3 Å². The predicted octanol–water partition coefficient (Wildman–Crippen LogP) is 6.53. The van der Waals surface area contributed by atoms with Crippen LogP contribution in [0, 0.1) is 6.92 Å². The molecule has 3 heterocycles. The van der Waals surface area contributed by atoms with E-state index in [0.29, 0.717) is 29.9 Å². The van der Waals surface area contributed by atoms with Crippen LogP contribution in [-0.2, 0) is 10.9 Å². The average molecular weight is 553 g/mol. The van der Waals surface area contributed by atoms with Crippen LogP contribution in [0.25, 0.3) is 11.1 Å². The highest BCUT2D eigenvalue weighted by Gasteiger charge is 2.47. The molecule has 5 rings (SSSR count). The smallest absolute Gasteiger partial charge is 0.416 e. The van der Waals surface area contributed by atoms with Crippen LogP contribution >= 0.6 is 0 Å². The Labute approximate surface area is 231 Å². The normalized spacial score (nSPS) is 18.7. The topological polar surface area (TPSA) is 74.8 Å². The van der Waals surface area contributed by atoms with E-state index in [1.165, 1.54) is 18.3 Å². The van der Waals surface area contributed by atoms with Crippen molar-refractivity contribution in [2.45, 2.75) is 58.0 Å². The van der Waals surface area contributed by atoms with Crippen molar-refractivity contribution in [3.63, 3.8) is 0 Å². The molecule has 3 aromatic rings. The van der Waals surface area contributed by atoms with E-state index in [9.17, 15) is 22.8 Å². The molecule has 2 bridgehead atoms. The number of hydrogen-bond acceptors (Lipinski definition) is 5. The Balaban J connectivity index is 1.24. The van der Waals surface area contributed by atoms with Gasteiger partial charge in [0.1, 0.15) is 11.4 Å². The molecule has 7 nitrogen and oxygen atoms in total. The Hall–Kier alpha value is -4.08. The maximum absolute atomic E-state index is 13.0. The Bertz CT molecular complexity index is 1420. The van der Waals surface area contributed by atoms with E-state index in [-0.39, 0.29) is 24.1 Å². The van der Waals surface area contributed by atoms with Gasteiger partial charge in [0.25, 0.3) is 5.91 Å². The second kappa shape index (κ2) is 10.1. The van der Waals surface area contributed by atoms with Crippen LogP contribution in [0.5, 0.6) is 0 Å². The van der Waals surface area contributed by atoms with E-state index < -0.39 is 17.3 Å². The third kappa shape index (κ3) is 5.61. The summed E-state index contributed by atoms with van der Waals surface area (Å²) in [6.07, 6.45) is -2.33. The summed E-state index contributed by atoms with van der Waals surface area (Å²) in [6, 6.07) is 14.0. The number of carbonyl (C=O) groups excluding carboxylic acids is 2. The summed E-state index contributed by atoms with van der Waals surface area (Å²) in [5.41, 5.74) is 1.77. The zero-order valence-electron chi connectivity index (χ0n) is 22.7. The van der Waals surface area contributed by atoms with Crippen LogP contribution in [0.3, 0.4) is 0 Å². The SMILES string of the molecule is Cc1c(NC(=O)c2ccc(N3C[C@H]4C[C@H]3CN4C(=O)OC(C)(C)C)nc2)cccc1-c1ccc(C(F)(F)F)cc1. The number of pyridine rings is 1. The molecular formula is C30H31F3N4O3. The van der Waals surface area contributed by atoms with E-state index in [1.54, 1.807) is 35.2 Å². The molecule has 2 saturated heterocycles. The molecule has 2 atom stereocenters. The zero-order valence-corrected chi connectivity index (χ0v) is 22.7. The van der Waals surface area contributed by atoms with E-state index in [1.807, 2.05) is 27.7 Å². The molecule has 2 amide bonds. The number of nitrogens with one attached hydrogen (secondary N) is 1. The number of carbonyl (C=O) groups is 2. The number of ether oxygens (including phenoxy) is 1. The zero-order chi connectivity index (χ0) is 28.8. The van der Waals surface area contributed by atoms with Crippen LogP contribution in [-0.4, -0.2) is 52.7 Å². The van der Waals surface area contributed by atoms with Crippen molar-refractivity contribution in [2.24, 2.45) is 0 Å². The Kier molecular flexibility index (Phi) is 6.97. The minimum atomic E-state index is -4.40. The molecule has 2 aromatic carbocycles. The van der Waals surface area contributed by atoms with Crippen molar-refractivity contribution in [3.8, 4) is 11.1 Å². The first kappa shape index (κ1) is 27.5. The molecule has 2 aliphatic rings. The van der Waals surface area contributed by atoms with Crippen LogP contribution in [0.4, 0.5) is 29.5 Å². The number of fused-ring (bicyclic) bond motifs is 2. The summed E-state index contributed by atoms with van der Waals surface area (Å²) in [6.45, 7) is 8.59. The van der Waals surface area contributed by atoms with E-state index in [4.69, 9.17) is 4.74 Å². The van der Waals surface area contributed by atoms with Gasteiger partial charge in [0, 0.05) is 25.0 Å². The molecule has 210 valence electrons. The number of rotatable bonds is 4. The van der Waals surface area contributed by atoms with Gasteiger partial charge in [0.05, 0.1) is 23.2 Å². The van der Waals surface area contributed by atoms with Crippen LogP contribution in [0.15, 0.2) is 60.8 Å². The molecule has 2 fully saturated rings. The number of anilines is 2. The maximum atomic E-state index is 13.0. The van der Waals surface area contributed by atoms with E-state index in [0.717, 1.165) is 35.5 Å². The second-order valence-corrected chi connectivity index (χ2v) is 11.2. The van der Waals surface area contributed by atoms with Gasteiger partial charge >= 0.3 is 12.3 Å². The highest BCUT2D eigenvalue weighted by molar-refractivity contribution is 6.05. The van der Waals surface area contributed by atoms with Gasteiger partial charge in [-0.15, -0.1) is 0 Å². The predicted molar refractivity (Wildman–Crippen MR) is 146 cm³/mol. The van der Waals surface area contributed by atoms with Gasteiger partial charge in [0.2, 0.25) is 0 Å². The standard InChI is InChI=1S/C30H31F3N4O3/c1-18-24(19-8-11-21(12-9-19)30(31,32)33)6-5-7-25(18)35-27(38)20-10-13-26(34-15-20)36-16-23-14-22(36)17-37(23)28(39)40-29(2,3)4/h5-13,15,22-23H,14,16-17H2,1-4H3,(H,35,38)/t22-,23+/m0/s1. The minimum absolute atomic E-state index is 0.0598. The number of aromatic nitrogens is 1. The third-order valence-electron chi connectivity index (χ3n) is 7.28. The van der Waals surface area contributed by atoms with Crippen molar-refractivity contribution in [1.82, 2.24) is 9.88 Å². The van der Waals surface area contributed by atoms with Crippen molar-refractivity contribution in [2.75, 3.05) is 23.3 Å². The number of amides is 2. The van der Waals surface area contributed by atoms with Crippen molar-refractivity contribution >= 4 is 23.5 Å². The number of halogens is 3. The summed E-state index contributed by atoms with van der Waals surface area (Å²) < 4.78 is 44.4. The molecule has 10 heteroatoms. The summed E-state index contributed by atoms with van der Waals surface area (Å²) >= 11 is 0. The lowest BCUT2D eigenvalue weighted by atomic mass is 9.98. The molecule has 0 radical (unpaired) electrons. The van der Waals surface area contributed by atoms with Gasteiger partial charge in [-0.25, -0.2) is 9.78 Å². The molecule has 0 saturated carbocycles. The minimum Gasteiger partial charge on any atom is -0.444 e. The number of benzene rings is 2. The van der Waals surface area contributed by atoms with Gasteiger partial charge in [-0.2, -0.15) is 13.2 Å². The Morgan fingerprint density at radius 2 is 1.70 bits per heavy atom. The first-order valence-corrected chi connectivity index (χ1v) is 13.1. The van der Waals surface area contributed by atoms with Crippen molar-refractivity contribution < 1.29 is 27.5 Å². The lowest BCUT2D eigenvalue weighted by Crippen LogP contribution is -2.50. The summed E-state index contributed by atoms with van der Waals surface area (Å²) in [5, 5.41) is 2.89. The Morgan fingerprint density at radius 1 is 0.975 bits per heavy atom. The highest BCUT2D eigenvalue weighted by Crippen LogP contribution is 2.35. The van der Waals surface area contributed by atoms with Crippen molar-refractivity contribution in [3.05, 3.63) is 77.5 Å². The van der Waals surface area contributed by atoms with E-state index >= 15 is 0 Å². The quantitative estimate of drug-likeness (QED) is 0.399. The van der Waals surface area contributed by atoms with E-state index in [2.05, 4.69) is 15.2 Å². The second-order valence-electron chi connectivity index (χ2n) is 11.2. The Morgan fingerprint density at radius 3 is 2.27 bits per heavy atom. The van der Waals surface area contributed by atoms with Crippen LogP contribution < -0.4 is 10.2 Å². The molecule has 1 N–H and O–H groups in total. The largest absolute Gasteiger partial charge is 0.444 e. The fourth-order valence-corrected chi connectivity index (χ4v) is 5.30. The molecule has 0 aliphatic carbocycles. The number of piperazine rings is 1. The number of nitrogens with zero attached hydrogens (tertiary/aromatic N) is 3. The maximum Gasteiger partial charge on any atom is 0.416 e. The number of likely N-dealkylation sites (tertiary alicyclic amines) is 1. The fourth-order valence-electron chi connectivity index (χ4n) is 5.30. The van der Waals surface area contributed by atoms with Crippen molar-refractivity contribution in [1.29, 1.82) is 0 Å². The first-order chi connectivity index (χ1) is 18.8. The van der Waals surface area contributed by atoms with Crippen LogP contribution in [0.1, 0.15) is 48.7 Å². The molecule has 0 unspecified atom stereocenters. The summed E-state index contributed by atoms with van der Waals surface area (Å²) in [7, 11) is 0. The summed E-state index contributed by atoms with van der Waals surface area (Å²) in [4.78, 5) is 34.0. The average Bonchev–Trinajstić information content (AvgIpc) is 3.50. The lowest BCUT2D eigenvalue weighted by molar-refractivity contribution is -0.137. The first-order valence-electron chi connectivity index (χ1n) is 13.1. The summed E-state index contributed by atoms with van der Waals surface area (Å²) in [5.74, 6) is 0.402. The number of hydrogen-bond donors (Lipinski definition) is 1. The molecule has 2 aliphatic heterocycles. The number of alkyl halides is 3. The van der Waals surface area contributed by atoms with Crippen LogP contribution in [0.2, 0.25) is 0 Å². The van der Waals surface area contributed by atoms with Gasteiger partial charge < -0.3 is 19.9 Å². The van der Waals surface area contributed by atoms with Gasteiger partial charge in [-0.3, -0.25) is 4.79 Å². The highest BCUT2D eigenvalue weighted by atomic mass is 19.4. The molecule has 40 heavy (non-hydrogen) atoms. The molecular weight excluding hydrogens is 521 g/mol.